The molecular weight excluding hydrogens is 306 g/mol. The Bertz CT molecular complexity index is 1040. The number of hydrogen-bond acceptors (Lipinski definition) is 5. The van der Waals surface area contributed by atoms with Crippen molar-refractivity contribution in [3.8, 4) is 17.8 Å². The van der Waals surface area contributed by atoms with Crippen LogP contribution in [0.4, 0.5) is 5.69 Å². The third-order valence-electron chi connectivity index (χ3n) is 4.24. The number of rotatable bonds is 1. The van der Waals surface area contributed by atoms with Gasteiger partial charge >= 0.3 is 0 Å². The number of anilines is 1. The molecule has 0 unspecified atom stereocenters. The number of benzene rings is 1. The summed E-state index contributed by atoms with van der Waals surface area (Å²) in [7, 11) is 0. The maximum Gasteiger partial charge on any atom is 0.270 e. The number of nitrogens with one attached hydrogen (secondary N) is 2. The monoisotopic (exact) mass is 319 g/mol. The summed E-state index contributed by atoms with van der Waals surface area (Å²) in [4.78, 5) is 14.6. The molecule has 0 saturated heterocycles. The van der Waals surface area contributed by atoms with Gasteiger partial charge in [0.15, 0.2) is 0 Å². The molecular formula is C17H13N5O2. The molecule has 0 radical (unpaired) electrons. The van der Waals surface area contributed by atoms with E-state index >= 15 is 0 Å². The van der Waals surface area contributed by atoms with Crippen LogP contribution in [0.25, 0.3) is 0 Å². The first-order chi connectivity index (χ1) is 11.6. The SMILES string of the molecule is Cc1[nH]nc2c1[C@H](c1ccccc1)c1c([nH]c(=O)c(C#N)c1N)O2. The molecule has 118 valence electrons. The highest BCUT2D eigenvalue weighted by Gasteiger charge is 2.36. The van der Waals surface area contributed by atoms with Gasteiger partial charge in [0.05, 0.1) is 5.69 Å². The lowest BCUT2D eigenvalue weighted by atomic mass is 9.83. The zero-order chi connectivity index (χ0) is 16.8. The van der Waals surface area contributed by atoms with E-state index in [0.717, 1.165) is 16.8 Å². The Kier molecular flexibility index (Phi) is 2.93. The summed E-state index contributed by atoms with van der Waals surface area (Å²) in [6.07, 6.45) is 0. The average molecular weight is 319 g/mol. The Labute approximate surface area is 136 Å². The van der Waals surface area contributed by atoms with Crippen molar-refractivity contribution in [1.82, 2.24) is 15.2 Å². The minimum atomic E-state index is -0.573. The molecule has 24 heavy (non-hydrogen) atoms. The molecule has 1 aliphatic rings. The van der Waals surface area contributed by atoms with Crippen molar-refractivity contribution in [3.05, 3.63) is 68.6 Å². The third kappa shape index (κ3) is 1.83. The highest BCUT2D eigenvalue weighted by atomic mass is 16.5. The summed E-state index contributed by atoms with van der Waals surface area (Å²) in [5.74, 6) is 0.339. The Morgan fingerprint density at radius 3 is 2.75 bits per heavy atom. The molecule has 0 amide bonds. The van der Waals surface area contributed by atoms with Crippen LogP contribution in [0.15, 0.2) is 35.1 Å². The number of pyridine rings is 1. The fraction of sp³-hybridized carbons (Fsp3) is 0.118. The second-order valence-electron chi connectivity index (χ2n) is 5.61. The molecule has 0 saturated carbocycles. The molecule has 3 aromatic rings. The number of H-pyrrole nitrogens is 2. The number of nitrogens with zero attached hydrogens (tertiary/aromatic N) is 2. The molecule has 4 rings (SSSR count). The smallest absolute Gasteiger partial charge is 0.270 e. The van der Waals surface area contributed by atoms with Crippen molar-refractivity contribution in [3.63, 3.8) is 0 Å². The zero-order valence-electron chi connectivity index (χ0n) is 12.8. The maximum absolute atomic E-state index is 12.0. The first kappa shape index (κ1) is 14.1. The highest BCUT2D eigenvalue weighted by molar-refractivity contribution is 5.69. The third-order valence-corrected chi connectivity index (χ3v) is 4.24. The van der Waals surface area contributed by atoms with E-state index in [1.807, 2.05) is 43.3 Å². The largest absolute Gasteiger partial charge is 0.420 e. The van der Waals surface area contributed by atoms with Crippen molar-refractivity contribution >= 4 is 5.69 Å². The molecule has 2 aromatic heterocycles. The number of nitrogens with two attached hydrogens (primary N) is 1. The molecule has 0 fully saturated rings. The van der Waals surface area contributed by atoms with E-state index in [2.05, 4.69) is 15.2 Å². The van der Waals surface area contributed by atoms with Crippen LogP contribution in [-0.2, 0) is 0 Å². The van der Waals surface area contributed by atoms with Crippen molar-refractivity contribution in [1.29, 1.82) is 5.26 Å². The van der Waals surface area contributed by atoms with Crippen LogP contribution in [0.5, 0.6) is 11.8 Å². The van der Waals surface area contributed by atoms with E-state index in [4.69, 9.17) is 10.5 Å². The van der Waals surface area contributed by atoms with Crippen LogP contribution in [0, 0.1) is 18.3 Å². The first-order valence-electron chi connectivity index (χ1n) is 7.35. The molecule has 3 heterocycles. The second-order valence-corrected chi connectivity index (χ2v) is 5.61. The van der Waals surface area contributed by atoms with Crippen LogP contribution in [-0.4, -0.2) is 15.2 Å². The fourth-order valence-electron chi connectivity index (χ4n) is 3.14. The Balaban J connectivity index is 2.09. The molecule has 0 aliphatic carbocycles. The van der Waals surface area contributed by atoms with E-state index in [1.54, 1.807) is 0 Å². The van der Waals surface area contributed by atoms with Crippen molar-refractivity contribution < 1.29 is 4.74 Å². The minimum Gasteiger partial charge on any atom is -0.420 e. The van der Waals surface area contributed by atoms with Gasteiger partial charge in [0.2, 0.25) is 11.8 Å². The summed E-state index contributed by atoms with van der Waals surface area (Å²) in [6.45, 7) is 1.89. The molecule has 0 bridgehead atoms. The number of nitriles is 1. The van der Waals surface area contributed by atoms with Crippen molar-refractivity contribution in [2.24, 2.45) is 0 Å². The van der Waals surface area contributed by atoms with Crippen molar-refractivity contribution in [2.45, 2.75) is 12.8 Å². The Morgan fingerprint density at radius 2 is 2.04 bits per heavy atom. The minimum absolute atomic E-state index is 0.108. The molecule has 1 aliphatic heterocycles. The van der Waals surface area contributed by atoms with Gasteiger partial charge in [0.25, 0.3) is 5.56 Å². The topological polar surface area (TPSA) is 121 Å². The Morgan fingerprint density at radius 1 is 1.29 bits per heavy atom. The number of fused-ring (bicyclic) bond motifs is 2. The van der Waals surface area contributed by atoms with Gasteiger partial charge < -0.3 is 10.5 Å². The fourth-order valence-corrected chi connectivity index (χ4v) is 3.14. The number of hydrogen-bond donors (Lipinski definition) is 3. The van der Waals surface area contributed by atoms with E-state index in [1.165, 1.54) is 0 Å². The van der Waals surface area contributed by atoms with E-state index in [0.29, 0.717) is 11.4 Å². The summed E-state index contributed by atoms with van der Waals surface area (Å²) < 4.78 is 5.72. The molecule has 0 spiro atoms. The van der Waals surface area contributed by atoms with Crippen LogP contribution in [0.3, 0.4) is 0 Å². The lowest BCUT2D eigenvalue weighted by molar-refractivity contribution is 0.416. The van der Waals surface area contributed by atoms with Crippen LogP contribution in [0.2, 0.25) is 0 Å². The van der Waals surface area contributed by atoms with E-state index in [9.17, 15) is 10.1 Å². The molecule has 7 nitrogen and oxygen atoms in total. The predicted molar refractivity (Wildman–Crippen MR) is 87.0 cm³/mol. The van der Waals surface area contributed by atoms with Gasteiger partial charge in [0, 0.05) is 22.7 Å². The van der Waals surface area contributed by atoms with Gasteiger partial charge in [0.1, 0.15) is 11.6 Å². The van der Waals surface area contributed by atoms with E-state index in [-0.39, 0.29) is 23.0 Å². The second kappa shape index (κ2) is 4.99. The van der Waals surface area contributed by atoms with Gasteiger partial charge in [-0.25, -0.2) is 0 Å². The standard InChI is InChI=1S/C17H13N5O2/c1-8-11-12(9-5-3-2-4-6-9)13-14(19)10(7-18)15(23)20-16(13)24-17(11)22-21-8/h2-6,12H,1H3,(H,21,22)(H3,19,20,23)/t12-/m0/s1. The van der Waals surface area contributed by atoms with Gasteiger partial charge in [-0.05, 0) is 12.5 Å². The molecule has 4 N–H and O–H groups in total. The number of aromatic amines is 2. The van der Waals surface area contributed by atoms with Gasteiger partial charge in [-0.3, -0.25) is 14.9 Å². The van der Waals surface area contributed by atoms with Gasteiger partial charge in [-0.1, -0.05) is 30.3 Å². The maximum atomic E-state index is 12.0. The normalized spacial score (nSPS) is 15.1. The number of nitrogen functional groups attached to an aromatic ring is 1. The predicted octanol–water partition coefficient (Wildman–Crippen LogP) is 2.15. The lowest BCUT2D eigenvalue weighted by Gasteiger charge is -2.27. The van der Waals surface area contributed by atoms with Gasteiger partial charge in [-0.15, -0.1) is 5.10 Å². The van der Waals surface area contributed by atoms with Crippen LogP contribution >= 0.6 is 0 Å². The first-order valence-corrected chi connectivity index (χ1v) is 7.35. The Hall–Kier alpha value is -3.53. The average Bonchev–Trinajstić information content (AvgIpc) is 2.95. The number of ether oxygens (including phenoxy) is 1. The zero-order valence-corrected chi connectivity index (χ0v) is 12.8. The summed E-state index contributed by atoms with van der Waals surface area (Å²) in [5, 5.41) is 16.3. The summed E-state index contributed by atoms with van der Waals surface area (Å²) >= 11 is 0. The number of aromatic nitrogens is 3. The quantitative estimate of drug-likeness (QED) is 0.496. The van der Waals surface area contributed by atoms with Gasteiger partial charge in [-0.2, -0.15) is 5.26 Å². The molecule has 1 atom stereocenters. The lowest BCUT2D eigenvalue weighted by Crippen LogP contribution is -2.22. The molecule has 1 aromatic carbocycles. The highest BCUT2D eigenvalue weighted by Crippen LogP contribution is 2.48. The number of aryl methyl sites for hydroxylation is 1. The van der Waals surface area contributed by atoms with Crippen LogP contribution in [0.1, 0.15) is 33.9 Å². The van der Waals surface area contributed by atoms with E-state index < -0.39 is 5.56 Å². The summed E-state index contributed by atoms with van der Waals surface area (Å²) in [6, 6.07) is 11.6. The summed E-state index contributed by atoms with van der Waals surface area (Å²) in [5.41, 5.74) is 8.85. The molecule has 7 heteroatoms. The van der Waals surface area contributed by atoms with Crippen LogP contribution < -0.4 is 16.0 Å². The van der Waals surface area contributed by atoms with Crippen molar-refractivity contribution in [2.75, 3.05) is 5.73 Å².